The lowest BCUT2D eigenvalue weighted by atomic mass is 10.1. The Morgan fingerprint density at radius 3 is 2.41 bits per heavy atom. The fourth-order valence-electron chi connectivity index (χ4n) is 1.44. The van der Waals surface area contributed by atoms with Gasteiger partial charge in [0.2, 0.25) is 0 Å². The van der Waals surface area contributed by atoms with Crippen LogP contribution >= 0.6 is 0 Å². The molecule has 0 spiro atoms. The highest BCUT2D eigenvalue weighted by molar-refractivity contribution is 7.91. The largest absolute Gasteiger partial charge is 0.309 e. The molecule has 1 aromatic rings. The molecule has 0 radical (unpaired) electrons. The van der Waals surface area contributed by atoms with Crippen LogP contribution in [0, 0.1) is 5.82 Å². The topological polar surface area (TPSA) is 46.2 Å². The quantitative estimate of drug-likeness (QED) is 0.849. The summed E-state index contributed by atoms with van der Waals surface area (Å²) in [5.41, 5.74) is 0.945. The molecular formula is C12H18FNO2S. The fourth-order valence-corrected chi connectivity index (χ4v) is 2.16. The Bertz CT molecular complexity index is 442. The maximum atomic E-state index is 12.7. The van der Waals surface area contributed by atoms with Crippen molar-refractivity contribution in [2.45, 2.75) is 19.9 Å². The van der Waals surface area contributed by atoms with Crippen molar-refractivity contribution in [1.29, 1.82) is 0 Å². The molecule has 1 aromatic carbocycles. The van der Waals surface area contributed by atoms with Crippen molar-refractivity contribution in [3.05, 3.63) is 35.6 Å². The molecule has 0 unspecified atom stereocenters. The van der Waals surface area contributed by atoms with Gasteiger partial charge in [-0.1, -0.05) is 19.1 Å². The molecule has 17 heavy (non-hydrogen) atoms. The average molecular weight is 259 g/mol. The molecule has 3 nitrogen and oxygen atoms in total. The number of halogens is 1. The highest BCUT2D eigenvalue weighted by atomic mass is 32.2. The van der Waals surface area contributed by atoms with Crippen LogP contribution in [0.1, 0.15) is 25.5 Å². The van der Waals surface area contributed by atoms with E-state index in [9.17, 15) is 12.8 Å². The molecule has 0 bridgehead atoms. The smallest absolute Gasteiger partial charge is 0.151 e. The van der Waals surface area contributed by atoms with Gasteiger partial charge in [-0.05, 0) is 24.6 Å². The van der Waals surface area contributed by atoms with E-state index in [2.05, 4.69) is 5.32 Å². The molecule has 0 fully saturated rings. The van der Waals surface area contributed by atoms with Crippen molar-refractivity contribution in [1.82, 2.24) is 5.32 Å². The summed E-state index contributed by atoms with van der Waals surface area (Å²) in [4.78, 5) is 0. The van der Waals surface area contributed by atoms with Crippen LogP contribution in [0.2, 0.25) is 0 Å². The minimum atomic E-state index is -2.93. The summed E-state index contributed by atoms with van der Waals surface area (Å²) in [7, 11) is -2.93. The Morgan fingerprint density at radius 2 is 1.88 bits per heavy atom. The van der Waals surface area contributed by atoms with E-state index >= 15 is 0 Å². The van der Waals surface area contributed by atoms with Gasteiger partial charge in [0.1, 0.15) is 5.82 Å². The maximum absolute atomic E-state index is 12.7. The van der Waals surface area contributed by atoms with Crippen LogP contribution in [-0.2, 0) is 9.84 Å². The summed E-state index contributed by atoms with van der Waals surface area (Å²) in [6.07, 6.45) is 0. The van der Waals surface area contributed by atoms with Crippen molar-refractivity contribution in [3.63, 3.8) is 0 Å². The van der Waals surface area contributed by atoms with Gasteiger partial charge in [-0.2, -0.15) is 0 Å². The first-order chi connectivity index (χ1) is 7.94. The molecule has 0 saturated carbocycles. The summed E-state index contributed by atoms with van der Waals surface area (Å²) in [5.74, 6) is 0.0313. The highest BCUT2D eigenvalue weighted by Crippen LogP contribution is 2.12. The molecular weight excluding hydrogens is 241 g/mol. The van der Waals surface area contributed by atoms with Gasteiger partial charge in [0.05, 0.1) is 5.75 Å². The Kier molecular flexibility index (Phi) is 5.08. The van der Waals surface area contributed by atoms with Crippen molar-refractivity contribution < 1.29 is 12.8 Å². The summed E-state index contributed by atoms with van der Waals surface area (Å²) in [6.45, 7) is 3.97. The molecule has 0 heterocycles. The lowest BCUT2D eigenvalue weighted by Gasteiger charge is -2.14. The Balaban J connectivity index is 2.45. The molecule has 1 rings (SSSR count). The van der Waals surface area contributed by atoms with Crippen LogP contribution < -0.4 is 5.32 Å². The molecule has 0 aliphatic heterocycles. The zero-order valence-electron chi connectivity index (χ0n) is 10.1. The van der Waals surface area contributed by atoms with Gasteiger partial charge in [-0.3, -0.25) is 0 Å². The second kappa shape index (κ2) is 6.12. The summed E-state index contributed by atoms with van der Waals surface area (Å²) in [5, 5.41) is 3.11. The molecule has 1 atom stereocenters. The Hall–Kier alpha value is -0.940. The summed E-state index contributed by atoms with van der Waals surface area (Å²) < 4.78 is 35.2. The summed E-state index contributed by atoms with van der Waals surface area (Å²) in [6, 6.07) is 6.21. The maximum Gasteiger partial charge on any atom is 0.151 e. The van der Waals surface area contributed by atoms with E-state index in [1.54, 1.807) is 19.1 Å². The van der Waals surface area contributed by atoms with Gasteiger partial charge >= 0.3 is 0 Å². The second-order valence-electron chi connectivity index (χ2n) is 3.96. The monoisotopic (exact) mass is 259 g/mol. The third kappa shape index (κ3) is 4.83. The second-order valence-corrected chi connectivity index (χ2v) is 6.44. The van der Waals surface area contributed by atoms with Crippen LogP contribution in [0.15, 0.2) is 24.3 Å². The van der Waals surface area contributed by atoms with Crippen molar-refractivity contribution in [2.75, 3.05) is 18.1 Å². The number of sulfone groups is 1. The molecule has 0 amide bonds. The van der Waals surface area contributed by atoms with Crippen LogP contribution in [0.3, 0.4) is 0 Å². The third-order valence-corrected chi connectivity index (χ3v) is 4.38. The lowest BCUT2D eigenvalue weighted by Crippen LogP contribution is -2.26. The summed E-state index contributed by atoms with van der Waals surface area (Å²) >= 11 is 0. The zero-order valence-corrected chi connectivity index (χ0v) is 10.9. The number of hydrogen-bond donors (Lipinski definition) is 1. The van der Waals surface area contributed by atoms with E-state index in [0.29, 0.717) is 6.54 Å². The van der Waals surface area contributed by atoms with Crippen molar-refractivity contribution in [3.8, 4) is 0 Å². The number of benzene rings is 1. The predicted octanol–water partition coefficient (Wildman–Crippen LogP) is 1.91. The first-order valence-corrected chi connectivity index (χ1v) is 7.46. The molecule has 0 aliphatic rings. The standard InChI is InChI=1S/C12H18FNO2S/c1-3-17(15,16)9-8-14-10(2)11-4-6-12(13)7-5-11/h4-7,10,14H,3,8-9H2,1-2H3/t10-/m1/s1. The number of hydrogen-bond acceptors (Lipinski definition) is 3. The SMILES string of the molecule is CCS(=O)(=O)CCN[C@H](C)c1ccc(F)cc1. The van der Waals surface area contributed by atoms with E-state index in [4.69, 9.17) is 0 Å². The van der Waals surface area contributed by atoms with Crippen LogP contribution in [-0.4, -0.2) is 26.5 Å². The molecule has 5 heteroatoms. The van der Waals surface area contributed by atoms with Gasteiger partial charge in [-0.15, -0.1) is 0 Å². The molecule has 1 N–H and O–H groups in total. The minimum Gasteiger partial charge on any atom is -0.309 e. The Labute approximate surface area is 102 Å². The normalized spacial score (nSPS) is 13.6. The van der Waals surface area contributed by atoms with E-state index < -0.39 is 9.84 Å². The van der Waals surface area contributed by atoms with E-state index in [-0.39, 0.29) is 23.4 Å². The van der Waals surface area contributed by atoms with Crippen molar-refractivity contribution in [2.24, 2.45) is 0 Å². The van der Waals surface area contributed by atoms with Crippen LogP contribution in [0.5, 0.6) is 0 Å². The van der Waals surface area contributed by atoms with E-state index in [0.717, 1.165) is 5.56 Å². The van der Waals surface area contributed by atoms with Gasteiger partial charge in [0, 0.05) is 18.3 Å². The lowest BCUT2D eigenvalue weighted by molar-refractivity contribution is 0.571. The molecule has 0 aliphatic carbocycles. The zero-order chi connectivity index (χ0) is 12.9. The van der Waals surface area contributed by atoms with Crippen LogP contribution in [0.4, 0.5) is 4.39 Å². The number of rotatable bonds is 6. The first kappa shape index (κ1) is 14.1. The van der Waals surface area contributed by atoms with Gasteiger partial charge in [-0.25, -0.2) is 12.8 Å². The van der Waals surface area contributed by atoms with Gasteiger partial charge < -0.3 is 5.32 Å². The third-order valence-electron chi connectivity index (χ3n) is 2.67. The van der Waals surface area contributed by atoms with E-state index in [1.807, 2.05) is 6.92 Å². The molecule has 0 aromatic heterocycles. The van der Waals surface area contributed by atoms with Gasteiger partial charge in [0.25, 0.3) is 0 Å². The molecule has 0 saturated heterocycles. The predicted molar refractivity (Wildman–Crippen MR) is 67.1 cm³/mol. The Morgan fingerprint density at radius 1 is 1.29 bits per heavy atom. The van der Waals surface area contributed by atoms with Crippen molar-refractivity contribution >= 4 is 9.84 Å². The van der Waals surface area contributed by atoms with Crippen LogP contribution in [0.25, 0.3) is 0 Å². The fraction of sp³-hybridized carbons (Fsp3) is 0.500. The minimum absolute atomic E-state index is 0.0163. The molecule has 96 valence electrons. The first-order valence-electron chi connectivity index (χ1n) is 5.64. The highest BCUT2D eigenvalue weighted by Gasteiger charge is 2.09. The van der Waals surface area contributed by atoms with E-state index in [1.165, 1.54) is 12.1 Å². The van der Waals surface area contributed by atoms with Gasteiger partial charge in [0.15, 0.2) is 9.84 Å². The number of nitrogens with one attached hydrogen (secondary N) is 1. The average Bonchev–Trinajstić information content (AvgIpc) is 2.29.